The molecule has 78 valence electrons. The van der Waals surface area contributed by atoms with Gasteiger partial charge in [-0.1, -0.05) is 31.5 Å². The molecule has 1 N–H and O–H groups in total. The van der Waals surface area contributed by atoms with E-state index in [4.69, 9.17) is 11.6 Å². The molecule has 1 aromatic heterocycles. The van der Waals surface area contributed by atoms with E-state index in [0.717, 1.165) is 18.4 Å². The standard InChI is InChI=1S/C11H16ClNO/c1-8(2)3-5-10(14)9-4-6-11(12)13-7-9/h4,6-8,10,14H,3,5H2,1-2H3. The Hall–Kier alpha value is -0.600. The first kappa shape index (κ1) is 11.5. The number of halogens is 1. The molecule has 0 bridgehead atoms. The Bertz CT molecular complexity index is 271. The maximum Gasteiger partial charge on any atom is 0.129 e. The molecule has 0 aliphatic carbocycles. The van der Waals surface area contributed by atoms with Crippen LogP contribution in [-0.4, -0.2) is 10.1 Å². The van der Waals surface area contributed by atoms with Gasteiger partial charge >= 0.3 is 0 Å². The molecular formula is C11H16ClNO. The van der Waals surface area contributed by atoms with Crippen molar-refractivity contribution in [3.05, 3.63) is 29.0 Å². The lowest BCUT2D eigenvalue weighted by Crippen LogP contribution is -2.00. The molecule has 0 aliphatic heterocycles. The van der Waals surface area contributed by atoms with E-state index in [-0.39, 0.29) is 0 Å². The average molecular weight is 214 g/mol. The van der Waals surface area contributed by atoms with Crippen molar-refractivity contribution in [3.63, 3.8) is 0 Å². The van der Waals surface area contributed by atoms with Crippen LogP contribution in [0.4, 0.5) is 0 Å². The minimum Gasteiger partial charge on any atom is -0.388 e. The third-order valence-electron chi connectivity index (χ3n) is 2.15. The predicted octanol–water partition coefficient (Wildman–Crippen LogP) is 3.20. The van der Waals surface area contributed by atoms with Crippen LogP contribution in [0.1, 0.15) is 38.4 Å². The summed E-state index contributed by atoms with van der Waals surface area (Å²) in [5.41, 5.74) is 0.843. The van der Waals surface area contributed by atoms with Gasteiger partial charge in [0.25, 0.3) is 0 Å². The Kier molecular flexibility index (Phi) is 4.36. The average Bonchev–Trinajstić information content (AvgIpc) is 2.15. The third-order valence-corrected chi connectivity index (χ3v) is 2.38. The fourth-order valence-electron chi connectivity index (χ4n) is 1.24. The molecule has 0 fully saturated rings. The van der Waals surface area contributed by atoms with E-state index < -0.39 is 6.10 Å². The van der Waals surface area contributed by atoms with Crippen LogP contribution in [0.5, 0.6) is 0 Å². The molecule has 1 rings (SSSR count). The van der Waals surface area contributed by atoms with Gasteiger partial charge < -0.3 is 5.11 Å². The van der Waals surface area contributed by atoms with E-state index >= 15 is 0 Å². The lowest BCUT2D eigenvalue weighted by atomic mass is 10.0. The van der Waals surface area contributed by atoms with Crippen molar-refractivity contribution in [2.45, 2.75) is 32.8 Å². The van der Waals surface area contributed by atoms with E-state index in [2.05, 4.69) is 18.8 Å². The zero-order valence-electron chi connectivity index (χ0n) is 8.57. The Morgan fingerprint density at radius 1 is 1.36 bits per heavy atom. The van der Waals surface area contributed by atoms with Gasteiger partial charge in [-0.15, -0.1) is 0 Å². The van der Waals surface area contributed by atoms with Crippen LogP contribution in [0.25, 0.3) is 0 Å². The largest absolute Gasteiger partial charge is 0.388 e. The second-order valence-corrected chi connectivity index (χ2v) is 4.29. The van der Waals surface area contributed by atoms with Gasteiger partial charge in [0.1, 0.15) is 5.15 Å². The van der Waals surface area contributed by atoms with Gasteiger partial charge in [0.2, 0.25) is 0 Å². The lowest BCUT2D eigenvalue weighted by Gasteiger charge is -2.11. The van der Waals surface area contributed by atoms with Gasteiger partial charge in [-0.05, 0) is 30.4 Å². The topological polar surface area (TPSA) is 33.1 Å². The highest BCUT2D eigenvalue weighted by Gasteiger charge is 2.08. The van der Waals surface area contributed by atoms with E-state index in [1.807, 2.05) is 6.07 Å². The molecule has 0 saturated heterocycles. The minimum atomic E-state index is -0.415. The second kappa shape index (κ2) is 5.32. The quantitative estimate of drug-likeness (QED) is 0.780. The number of rotatable bonds is 4. The molecule has 1 atom stereocenters. The summed E-state index contributed by atoms with van der Waals surface area (Å²) in [5.74, 6) is 0.616. The Morgan fingerprint density at radius 2 is 2.07 bits per heavy atom. The predicted molar refractivity (Wildman–Crippen MR) is 58.3 cm³/mol. The molecule has 0 spiro atoms. The van der Waals surface area contributed by atoms with Crippen LogP contribution < -0.4 is 0 Å². The summed E-state index contributed by atoms with van der Waals surface area (Å²) in [4.78, 5) is 3.93. The molecular weight excluding hydrogens is 198 g/mol. The fraction of sp³-hybridized carbons (Fsp3) is 0.545. The Balaban J connectivity index is 2.52. The van der Waals surface area contributed by atoms with Gasteiger partial charge in [-0.25, -0.2) is 4.98 Å². The van der Waals surface area contributed by atoms with Gasteiger partial charge in [0.15, 0.2) is 0 Å². The highest BCUT2D eigenvalue weighted by molar-refractivity contribution is 6.29. The number of aliphatic hydroxyl groups excluding tert-OH is 1. The minimum absolute atomic E-state index is 0.415. The molecule has 0 aliphatic rings. The smallest absolute Gasteiger partial charge is 0.129 e. The Labute approximate surface area is 89.9 Å². The first-order valence-electron chi connectivity index (χ1n) is 4.89. The summed E-state index contributed by atoms with van der Waals surface area (Å²) in [7, 11) is 0. The van der Waals surface area contributed by atoms with Crippen LogP contribution in [0, 0.1) is 5.92 Å². The van der Waals surface area contributed by atoms with Gasteiger partial charge in [-0.3, -0.25) is 0 Å². The van der Waals surface area contributed by atoms with Crippen molar-refractivity contribution in [2.24, 2.45) is 5.92 Å². The van der Waals surface area contributed by atoms with Crippen LogP contribution in [-0.2, 0) is 0 Å². The molecule has 0 saturated carbocycles. The maximum atomic E-state index is 9.78. The molecule has 0 amide bonds. The molecule has 1 aromatic rings. The van der Waals surface area contributed by atoms with E-state index in [1.165, 1.54) is 0 Å². The van der Waals surface area contributed by atoms with Crippen molar-refractivity contribution in [1.82, 2.24) is 4.98 Å². The fourth-order valence-corrected chi connectivity index (χ4v) is 1.35. The van der Waals surface area contributed by atoms with Crippen LogP contribution in [0.15, 0.2) is 18.3 Å². The number of hydrogen-bond acceptors (Lipinski definition) is 2. The number of aromatic nitrogens is 1. The van der Waals surface area contributed by atoms with E-state index in [1.54, 1.807) is 12.3 Å². The Morgan fingerprint density at radius 3 is 2.57 bits per heavy atom. The van der Waals surface area contributed by atoms with Crippen molar-refractivity contribution in [2.75, 3.05) is 0 Å². The zero-order valence-corrected chi connectivity index (χ0v) is 9.33. The number of aliphatic hydroxyl groups is 1. The summed E-state index contributed by atoms with van der Waals surface area (Å²) >= 11 is 5.65. The summed E-state index contributed by atoms with van der Waals surface area (Å²) in [6.07, 6.45) is 3.01. The highest BCUT2D eigenvalue weighted by Crippen LogP contribution is 2.20. The first-order chi connectivity index (χ1) is 6.59. The van der Waals surface area contributed by atoms with Gasteiger partial charge in [-0.2, -0.15) is 0 Å². The molecule has 14 heavy (non-hydrogen) atoms. The van der Waals surface area contributed by atoms with Crippen LogP contribution in [0.2, 0.25) is 5.15 Å². The van der Waals surface area contributed by atoms with Crippen molar-refractivity contribution in [1.29, 1.82) is 0 Å². The molecule has 1 unspecified atom stereocenters. The summed E-state index contributed by atoms with van der Waals surface area (Å²) in [6, 6.07) is 3.52. The molecule has 0 aromatic carbocycles. The molecule has 2 nitrogen and oxygen atoms in total. The monoisotopic (exact) mass is 213 g/mol. The van der Waals surface area contributed by atoms with Crippen molar-refractivity contribution >= 4 is 11.6 Å². The van der Waals surface area contributed by atoms with Gasteiger partial charge in [0.05, 0.1) is 6.10 Å². The number of pyridine rings is 1. The number of nitrogens with zero attached hydrogens (tertiary/aromatic N) is 1. The van der Waals surface area contributed by atoms with Crippen LogP contribution in [0.3, 0.4) is 0 Å². The maximum absolute atomic E-state index is 9.78. The molecule has 3 heteroatoms. The molecule has 1 heterocycles. The van der Waals surface area contributed by atoms with Crippen LogP contribution >= 0.6 is 11.6 Å². The molecule has 0 radical (unpaired) electrons. The van der Waals surface area contributed by atoms with Crippen molar-refractivity contribution in [3.8, 4) is 0 Å². The number of hydrogen-bond donors (Lipinski definition) is 1. The normalized spacial score (nSPS) is 13.2. The van der Waals surface area contributed by atoms with Gasteiger partial charge in [0, 0.05) is 6.20 Å². The van der Waals surface area contributed by atoms with E-state index in [9.17, 15) is 5.11 Å². The first-order valence-corrected chi connectivity index (χ1v) is 5.27. The summed E-state index contributed by atoms with van der Waals surface area (Å²) in [5, 5.41) is 10.2. The zero-order chi connectivity index (χ0) is 10.6. The third kappa shape index (κ3) is 3.64. The SMILES string of the molecule is CC(C)CCC(O)c1ccc(Cl)nc1. The second-order valence-electron chi connectivity index (χ2n) is 3.90. The lowest BCUT2D eigenvalue weighted by molar-refractivity contribution is 0.159. The summed E-state index contributed by atoms with van der Waals surface area (Å²) < 4.78 is 0. The van der Waals surface area contributed by atoms with E-state index in [0.29, 0.717) is 11.1 Å². The summed E-state index contributed by atoms with van der Waals surface area (Å²) in [6.45, 7) is 4.29. The van der Waals surface area contributed by atoms with Crippen molar-refractivity contribution < 1.29 is 5.11 Å². The highest BCUT2D eigenvalue weighted by atomic mass is 35.5.